The molecule has 0 aliphatic rings. The lowest BCUT2D eigenvalue weighted by Crippen LogP contribution is -2.03. The number of fused-ring (bicyclic) bond motifs is 3. The van der Waals surface area contributed by atoms with Crippen LogP contribution in [0.4, 0.5) is 0 Å². The number of hydrogen-bond donors (Lipinski definition) is 1. The van der Waals surface area contributed by atoms with E-state index in [1.54, 1.807) is 11.3 Å². The average Bonchev–Trinajstić information content (AvgIpc) is 3.06. The van der Waals surface area contributed by atoms with Gasteiger partial charge in [0.2, 0.25) is 0 Å². The zero-order chi connectivity index (χ0) is 12.8. The number of H-pyrrole nitrogens is 1. The molecule has 0 radical (unpaired) electrons. The van der Waals surface area contributed by atoms with Crippen LogP contribution in [0.25, 0.3) is 31.0 Å². The highest BCUT2D eigenvalue weighted by molar-refractivity contribution is 7.25. The number of thiophene rings is 2. The maximum Gasteiger partial charge on any atom is 0.268 e. The number of aromatic nitrogens is 3. The van der Waals surface area contributed by atoms with E-state index in [-0.39, 0.29) is 5.56 Å². The van der Waals surface area contributed by atoms with Crippen LogP contribution in [0.5, 0.6) is 0 Å². The minimum absolute atomic E-state index is 0.106. The lowest BCUT2D eigenvalue weighted by Gasteiger charge is -1.96. The van der Waals surface area contributed by atoms with Crippen LogP contribution >= 0.6 is 22.7 Å². The summed E-state index contributed by atoms with van der Waals surface area (Å²) in [7, 11) is 0. The summed E-state index contributed by atoms with van der Waals surface area (Å²) < 4.78 is 0.633. The van der Waals surface area contributed by atoms with E-state index in [1.807, 2.05) is 29.6 Å². The van der Waals surface area contributed by atoms with E-state index in [2.05, 4.69) is 15.0 Å². The van der Waals surface area contributed by atoms with Crippen LogP contribution in [-0.4, -0.2) is 15.0 Å². The van der Waals surface area contributed by atoms with Crippen molar-refractivity contribution in [3.05, 3.63) is 46.3 Å². The van der Waals surface area contributed by atoms with Gasteiger partial charge in [-0.2, -0.15) is 0 Å². The molecule has 0 unspecified atom stereocenters. The van der Waals surface area contributed by atoms with Gasteiger partial charge in [-0.25, -0.2) is 9.97 Å². The minimum Gasteiger partial charge on any atom is -0.312 e. The van der Waals surface area contributed by atoms with E-state index < -0.39 is 0 Å². The summed E-state index contributed by atoms with van der Waals surface area (Å²) in [6.07, 6.45) is 1.43. The van der Waals surface area contributed by atoms with Crippen LogP contribution in [0.1, 0.15) is 0 Å². The van der Waals surface area contributed by atoms with Gasteiger partial charge in [-0.3, -0.25) is 4.79 Å². The van der Waals surface area contributed by atoms with Crippen molar-refractivity contribution in [1.29, 1.82) is 0 Å². The Hall–Kier alpha value is -2.05. The Morgan fingerprint density at radius 1 is 1.21 bits per heavy atom. The molecule has 0 fully saturated rings. The molecule has 92 valence electrons. The molecular weight excluding hydrogens is 278 g/mol. The van der Waals surface area contributed by atoms with Gasteiger partial charge >= 0.3 is 0 Å². The fourth-order valence-electron chi connectivity index (χ4n) is 2.03. The van der Waals surface area contributed by atoms with Gasteiger partial charge in [-0.05, 0) is 23.6 Å². The van der Waals surface area contributed by atoms with E-state index in [0.29, 0.717) is 4.70 Å². The molecule has 0 spiro atoms. The Kier molecular flexibility index (Phi) is 2.27. The van der Waals surface area contributed by atoms with Gasteiger partial charge in [0.05, 0.1) is 22.4 Å². The van der Waals surface area contributed by atoms with Crippen molar-refractivity contribution in [2.45, 2.75) is 0 Å². The van der Waals surface area contributed by atoms with Gasteiger partial charge < -0.3 is 4.98 Å². The summed E-state index contributed by atoms with van der Waals surface area (Å²) in [4.78, 5) is 25.2. The van der Waals surface area contributed by atoms with Crippen molar-refractivity contribution in [3.63, 3.8) is 0 Å². The molecule has 6 heteroatoms. The molecule has 1 N–H and O–H groups in total. The number of pyridine rings is 1. The van der Waals surface area contributed by atoms with Crippen molar-refractivity contribution < 1.29 is 0 Å². The molecule has 0 aromatic carbocycles. The Morgan fingerprint density at radius 2 is 2.16 bits per heavy atom. The van der Waals surface area contributed by atoms with Gasteiger partial charge in [-0.15, -0.1) is 22.7 Å². The van der Waals surface area contributed by atoms with E-state index in [0.717, 1.165) is 26.3 Å². The zero-order valence-corrected chi connectivity index (χ0v) is 11.2. The van der Waals surface area contributed by atoms with E-state index in [1.165, 1.54) is 17.7 Å². The SMILES string of the molecule is O=c1[nH]cnc2c1sc1nc(-c3cccs3)ccc12. The second-order valence-corrected chi connectivity index (χ2v) is 5.98. The normalized spacial score (nSPS) is 11.4. The molecule has 0 amide bonds. The third-order valence-electron chi connectivity index (χ3n) is 2.90. The Bertz CT molecular complexity index is 937. The van der Waals surface area contributed by atoms with Gasteiger partial charge in [0.15, 0.2) is 0 Å². The van der Waals surface area contributed by atoms with Crippen LogP contribution in [0.2, 0.25) is 0 Å². The standard InChI is InChI=1S/C13H7N3OS2/c17-12-11-10(14-6-15-12)7-3-4-8(16-13(7)19-11)9-2-1-5-18-9/h1-6H,(H,14,15,17). The summed E-state index contributed by atoms with van der Waals surface area (Å²) in [5.41, 5.74) is 1.56. The maximum atomic E-state index is 11.8. The number of nitrogens with zero attached hydrogens (tertiary/aromatic N) is 2. The summed E-state index contributed by atoms with van der Waals surface area (Å²) in [5, 5.41) is 2.96. The van der Waals surface area contributed by atoms with Gasteiger partial charge in [0.1, 0.15) is 9.53 Å². The monoisotopic (exact) mass is 285 g/mol. The smallest absolute Gasteiger partial charge is 0.268 e. The Balaban J connectivity index is 2.08. The van der Waals surface area contributed by atoms with Crippen LogP contribution in [0, 0.1) is 0 Å². The minimum atomic E-state index is -0.106. The quantitative estimate of drug-likeness (QED) is 0.584. The van der Waals surface area contributed by atoms with Crippen molar-refractivity contribution in [1.82, 2.24) is 15.0 Å². The summed E-state index contributed by atoms with van der Waals surface area (Å²) in [6, 6.07) is 8.01. The van der Waals surface area contributed by atoms with Crippen LogP contribution in [0.3, 0.4) is 0 Å². The lowest BCUT2D eigenvalue weighted by molar-refractivity contribution is 1.18. The predicted molar refractivity (Wildman–Crippen MR) is 78.9 cm³/mol. The summed E-state index contributed by atoms with van der Waals surface area (Å²) in [6.45, 7) is 0. The first-order chi connectivity index (χ1) is 9.33. The second kappa shape index (κ2) is 3.97. The molecule has 4 aromatic heterocycles. The van der Waals surface area contributed by atoms with Crippen molar-refractivity contribution in [3.8, 4) is 10.6 Å². The topological polar surface area (TPSA) is 58.6 Å². The van der Waals surface area contributed by atoms with Crippen LogP contribution in [-0.2, 0) is 0 Å². The van der Waals surface area contributed by atoms with Gasteiger partial charge in [0.25, 0.3) is 5.56 Å². The molecule has 19 heavy (non-hydrogen) atoms. The average molecular weight is 285 g/mol. The highest BCUT2D eigenvalue weighted by atomic mass is 32.1. The molecule has 4 heterocycles. The molecule has 4 nitrogen and oxygen atoms in total. The Morgan fingerprint density at radius 3 is 3.00 bits per heavy atom. The van der Waals surface area contributed by atoms with Gasteiger partial charge in [-0.1, -0.05) is 6.07 Å². The largest absolute Gasteiger partial charge is 0.312 e. The number of rotatable bonds is 1. The molecule has 0 aliphatic heterocycles. The Labute approximate surface area is 115 Å². The van der Waals surface area contributed by atoms with E-state index in [9.17, 15) is 4.79 Å². The zero-order valence-electron chi connectivity index (χ0n) is 9.58. The van der Waals surface area contributed by atoms with Crippen molar-refractivity contribution in [2.75, 3.05) is 0 Å². The second-order valence-electron chi connectivity index (χ2n) is 4.04. The highest BCUT2D eigenvalue weighted by Crippen LogP contribution is 2.31. The van der Waals surface area contributed by atoms with Crippen LogP contribution in [0.15, 0.2) is 40.8 Å². The molecular formula is C13H7N3OS2. The summed E-state index contributed by atoms with van der Waals surface area (Å²) in [5.74, 6) is 0. The molecule has 0 aliphatic carbocycles. The van der Waals surface area contributed by atoms with Crippen LogP contribution < -0.4 is 5.56 Å². The first kappa shape index (κ1) is 10.8. The maximum absolute atomic E-state index is 11.8. The highest BCUT2D eigenvalue weighted by Gasteiger charge is 2.11. The van der Waals surface area contributed by atoms with Gasteiger partial charge in [0, 0.05) is 5.39 Å². The first-order valence-electron chi connectivity index (χ1n) is 5.64. The molecule has 0 saturated carbocycles. The molecule has 0 saturated heterocycles. The molecule has 4 aromatic rings. The van der Waals surface area contributed by atoms with Crippen molar-refractivity contribution in [2.24, 2.45) is 0 Å². The fraction of sp³-hybridized carbons (Fsp3) is 0. The number of hydrogen-bond acceptors (Lipinski definition) is 5. The summed E-state index contributed by atoms with van der Waals surface area (Å²) >= 11 is 3.04. The van der Waals surface area contributed by atoms with Crippen molar-refractivity contribution >= 4 is 43.1 Å². The molecule has 0 atom stereocenters. The molecule has 0 bridgehead atoms. The fourth-order valence-corrected chi connectivity index (χ4v) is 3.75. The number of nitrogens with one attached hydrogen (secondary N) is 1. The predicted octanol–water partition coefficient (Wildman–Crippen LogP) is 3.26. The lowest BCUT2D eigenvalue weighted by atomic mass is 10.2. The van der Waals surface area contributed by atoms with E-state index >= 15 is 0 Å². The third kappa shape index (κ3) is 1.61. The van der Waals surface area contributed by atoms with E-state index in [4.69, 9.17) is 0 Å². The number of aromatic amines is 1. The third-order valence-corrected chi connectivity index (χ3v) is 4.88. The first-order valence-corrected chi connectivity index (χ1v) is 7.33. The molecule has 4 rings (SSSR count).